The molecule has 0 saturated carbocycles. The van der Waals surface area contributed by atoms with Crippen molar-refractivity contribution in [3.63, 3.8) is 0 Å². The summed E-state index contributed by atoms with van der Waals surface area (Å²) in [5.74, 6) is 4.60. The summed E-state index contributed by atoms with van der Waals surface area (Å²) >= 11 is 0. The van der Waals surface area contributed by atoms with E-state index in [0.717, 1.165) is 18.4 Å². The van der Waals surface area contributed by atoms with Gasteiger partial charge in [0.25, 0.3) is 5.91 Å². The Balaban J connectivity index is 1.51. The van der Waals surface area contributed by atoms with Crippen LogP contribution in [0.15, 0.2) is 72.8 Å². The van der Waals surface area contributed by atoms with Crippen molar-refractivity contribution in [2.24, 2.45) is 5.73 Å². The second-order valence-corrected chi connectivity index (χ2v) is 8.80. The highest BCUT2D eigenvalue weighted by Gasteiger charge is 2.25. The molecule has 2 atom stereocenters. The molecule has 8 heteroatoms. The summed E-state index contributed by atoms with van der Waals surface area (Å²) in [7, 11) is 0. The number of carbonyl (C=O) groups excluding carboxylic acids is 3. The van der Waals surface area contributed by atoms with Gasteiger partial charge in [0.05, 0.1) is 0 Å². The number of aliphatic hydroxyl groups is 2. The standard InChI is InChI=1S/C30H31N3O5/c1-20-5-2-3-6-23(20)7-4-8-27(36)32-25-17-13-22(14-18-25)10-9-21-11-15-24(16-12-21)30(38)33-28(29(31)37)26(35)19-34/h2-3,5-6,11-18,28-29,34,37H,4,7-8,19,31H2,1H3,(H,32,36)(H,33,38)/t28-,29+/m1/s1. The number of nitrogens with two attached hydrogens (primary N) is 1. The molecule has 3 aromatic carbocycles. The lowest BCUT2D eigenvalue weighted by atomic mass is 10.0. The van der Waals surface area contributed by atoms with Gasteiger partial charge in [-0.05, 0) is 79.4 Å². The maximum Gasteiger partial charge on any atom is 0.251 e. The van der Waals surface area contributed by atoms with Crippen molar-refractivity contribution < 1.29 is 24.6 Å². The fourth-order valence-electron chi connectivity index (χ4n) is 3.72. The van der Waals surface area contributed by atoms with Crippen molar-refractivity contribution in [1.82, 2.24) is 5.32 Å². The van der Waals surface area contributed by atoms with Gasteiger partial charge in [-0.15, -0.1) is 0 Å². The molecule has 196 valence electrons. The molecule has 3 aromatic rings. The largest absolute Gasteiger partial charge is 0.388 e. The van der Waals surface area contributed by atoms with Crippen LogP contribution in [0.4, 0.5) is 5.69 Å². The molecule has 0 aliphatic carbocycles. The maximum absolute atomic E-state index is 12.3. The van der Waals surface area contributed by atoms with Crippen LogP contribution in [0.3, 0.4) is 0 Å². The van der Waals surface area contributed by atoms with Gasteiger partial charge in [-0.1, -0.05) is 36.1 Å². The van der Waals surface area contributed by atoms with E-state index >= 15 is 0 Å². The zero-order valence-electron chi connectivity index (χ0n) is 21.1. The van der Waals surface area contributed by atoms with Gasteiger partial charge in [-0.2, -0.15) is 0 Å². The van der Waals surface area contributed by atoms with Gasteiger partial charge in [0.1, 0.15) is 18.9 Å². The molecule has 0 heterocycles. The molecule has 0 aliphatic rings. The predicted molar refractivity (Wildman–Crippen MR) is 145 cm³/mol. The fraction of sp³-hybridized carbons (Fsp3) is 0.233. The van der Waals surface area contributed by atoms with Gasteiger partial charge in [-0.3, -0.25) is 14.4 Å². The van der Waals surface area contributed by atoms with E-state index in [2.05, 4.69) is 41.5 Å². The molecule has 8 nitrogen and oxygen atoms in total. The number of anilines is 1. The molecule has 38 heavy (non-hydrogen) atoms. The van der Waals surface area contributed by atoms with Crippen LogP contribution in [0.25, 0.3) is 0 Å². The SMILES string of the molecule is Cc1ccccc1CCCC(=O)Nc1ccc(C#Cc2ccc(C(=O)N[C@H](C(=O)CO)[C@@H](N)O)cc2)cc1. The average molecular weight is 514 g/mol. The number of Topliss-reactive ketones (excluding diaryl/α,β-unsaturated/α-hetero) is 1. The number of rotatable bonds is 10. The Kier molecular flexibility index (Phi) is 10.3. The molecule has 0 aliphatic heterocycles. The second-order valence-electron chi connectivity index (χ2n) is 8.80. The van der Waals surface area contributed by atoms with Crippen LogP contribution >= 0.6 is 0 Å². The van der Waals surface area contributed by atoms with Gasteiger partial charge in [-0.25, -0.2) is 0 Å². The summed E-state index contributed by atoms with van der Waals surface area (Å²) in [5, 5.41) is 23.6. The van der Waals surface area contributed by atoms with Gasteiger partial charge in [0.2, 0.25) is 5.91 Å². The number of aryl methyl sites for hydroxylation is 2. The Bertz CT molecular complexity index is 1320. The van der Waals surface area contributed by atoms with Crippen LogP contribution in [-0.2, 0) is 16.0 Å². The van der Waals surface area contributed by atoms with Crippen molar-refractivity contribution in [3.8, 4) is 11.8 Å². The van der Waals surface area contributed by atoms with Gasteiger partial charge in [0, 0.05) is 28.8 Å². The summed E-state index contributed by atoms with van der Waals surface area (Å²) in [5.41, 5.74) is 10.2. The summed E-state index contributed by atoms with van der Waals surface area (Å²) < 4.78 is 0. The Hall–Kier alpha value is -4.29. The third kappa shape index (κ3) is 8.39. The zero-order chi connectivity index (χ0) is 27.5. The van der Waals surface area contributed by atoms with E-state index in [9.17, 15) is 19.5 Å². The Morgan fingerprint density at radius 3 is 2.11 bits per heavy atom. The van der Waals surface area contributed by atoms with E-state index in [-0.39, 0.29) is 11.5 Å². The van der Waals surface area contributed by atoms with Crippen LogP contribution in [0.2, 0.25) is 0 Å². The highest BCUT2D eigenvalue weighted by Crippen LogP contribution is 2.13. The van der Waals surface area contributed by atoms with Gasteiger partial charge >= 0.3 is 0 Å². The van der Waals surface area contributed by atoms with E-state index in [1.54, 1.807) is 24.3 Å². The van der Waals surface area contributed by atoms with Crippen molar-refractivity contribution in [3.05, 3.63) is 101 Å². The highest BCUT2D eigenvalue weighted by molar-refractivity contribution is 5.98. The van der Waals surface area contributed by atoms with Crippen molar-refractivity contribution >= 4 is 23.3 Å². The molecular formula is C30H31N3O5. The third-order valence-electron chi connectivity index (χ3n) is 5.91. The molecule has 0 unspecified atom stereocenters. The molecule has 2 amide bonds. The lowest BCUT2D eigenvalue weighted by Gasteiger charge is -2.19. The monoisotopic (exact) mass is 513 g/mol. The number of amides is 2. The normalized spacial score (nSPS) is 12.0. The zero-order valence-corrected chi connectivity index (χ0v) is 21.1. The topological polar surface area (TPSA) is 142 Å². The number of aliphatic hydroxyl groups excluding tert-OH is 2. The van der Waals surface area contributed by atoms with Crippen molar-refractivity contribution in [2.75, 3.05) is 11.9 Å². The van der Waals surface area contributed by atoms with Crippen LogP contribution in [-0.4, -0.2) is 46.7 Å². The fourth-order valence-corrected chi connectivity index (χ4v) is 3.72. The Labute approximate surface area is 221 Å². The first-order valence-electron chi connectivity index (χ1n) is 12.2. The Morgan fingerprint density at radius 2 is 1.53 bits per heavy atom. The van der Waals surface area contributed by atoms with Crippen molar-refractivity contribution in [1.29, 1.82) is 0 Å². The Morgan fingerprint density at radius 1 is 0.921 bits per heavy atom. The quantitative estimate of drug-likeness (QED) is 0.208. The van der Waals surface area contributed by atoms with Gasteiger partial charge < -0.3 is 26.6 Å². The number of carbonyl (C=O) groups is 3. The van der Waals surface area contributed by atoms with E-state index in [4.69, 9.17) is 10.8 Å². The number of hydrogen-bond acceptors (Lipinski definition) is 6. The van der Waals surface area contributed by atoms with E-state index in [0.29, 0.717) is 17.7 Å². The van der Waals surface area contributed by atoms with Crippen LogP contribution < -0.4 is 16.4 Å². The molecule has 0 fully saturated rings. The minimum Gasteiger partial charge on any atom is -0.388 e. The van der Waals surface area contributed by atoms with Crippen LogP contribution in [0, 0.1) is 18.8 Å². The predicted octanol–water partition coefficient (Wildman–Crippen LogP) is 2.29. The van der Waals surface area contributed by atoms with E-state index < -0.39 is 30.6 Å². The molecule has 3 rings (SSSR count). The minimum atomic E-state index is -1.63. The molecule has 6 N–H and O–H groups in total. The molecule has 0 radical (unpaired) electrons. The highest BCUT2D eigenvalue weighted by atomic mass is 16.3. The molecule has 0 aromatic heterocycles. The molecular weight excluding hydrogens is 482 g/mol. The number of benzene rings is 3. The van der Waals surface area contributed by atoms with Gasteiger partial charge in [0.15, 0.2) is 5.78 Å². The molecule has 0 spiro atoms. The lowest BCUT2D eigenvalue weighted by molar-refractivity contribution is -0.126. The lowest BCUT2D eigenvalue weighted by Crippen LogP contribution is -2.53. The first-order valence-corrected chi connectivity index (χ1v) is 12.2. The summed E-state index contributed by atoms with van der Waals surface area (Å²) in [6.45, 7) is 1.22. The first-order chi connectivity index (χ1) is 18.3. The maximum atomic E-state index is 12.3. The van der Waals surface area contributed by atoms with Crippen LogP contribution in [0.1, 0.15) is 45.5 Å². The van der Waals surface area contributed by atoms with E-state index in [1.807, 2.05) is 24.3 Å². The molecule has 0 saturated heterocycles. The third-order valence-corrected chi connectivity index (χ3v) is 5.91. The average Bonchev–Trinajstić information content (AvgIpc) is 2.92. The van der Waals surface area contributed by atoms with Crippen molar-refractivity contribution in [2.45, 2.75) is 38.5 Å². The summed E-state index contributed by atoms with van der Waals surface area (Å²) in [6.07, 6.45) is 0.445. The summed E-state index contributed by atoms with van der Waals surface area (Å²) in [4.78, 5) is 36.2. The smallest absolute Gasteiger partial charge is 0.251 e. The summed E-state index contributed by atoms with van der Waals surface area (Å²) in [6, 6.07) is 20.4. The molecule has 0 bridgehead atoms. The number of nitrogens with one attached hydrogen (secondary N) is 2. The number of ketones is 1. The minimum absolute atomic E-state index is 0.0328. The van der Waals surface area contributed by atoms with E-state index in [1.165, 1.54) is 23.3 Å². The van der Waals surface area contributed by atoms with Crippen LogP contribution in [0.5, 0.6) is 0 Å². The first kappa shape index (κ1) is 28.3. The number of hydrogen-bond donors (Lipinski definition) is 5. The second kappa shape index (κ2) is 13.9.